The number of fused-ring (bicyclic) bond motifs is 1. The van der Waals surface area contributed by atoms with Gasteiger partial charge in [-0.25, -0.2) is 17.6 Å². The van der Waals surface area contributed by atoms with Crippen LogP contribution in [-0.4, -0.2) is 5.60 Å². The van der Waals surface area contributed by atoms with Crippen LogP contribution in [0.25, 0.3) is 10.8 Å². The maximum Gasteiger partial charge on any atom is 0.198 e. The van der Waals surface area contributed by atoms with E-state index in [9.17, 15) is 17.6 Å². The quantitative estimate of drug-likeness (QED) is 0.419. The molecule has 0 spiro atoms. The van der Waals surface area contributed by atoms with Crippen molar-refractivity contribution in [3.05, 3.63) is 41.5 Å². The zero-order valence-corrected chi connectivity index (χ0v) is 10.7. The molecule has 2 rings (SSSR count). The van der Waals surface area contributed by atoms with Gasteiger partial charge < -0.3 is 4.74 Å². The average molecular weight is 272 g/mol. The van der Waals surface area contributed by atoms with Gasteiger partial charge in [0.05, 0.1) is 0 Å². The van der Waals surface area contributed by atoms with Crippen LogP contribution in [0, 0.1) is 23.3 Å². The SMILES string of the molecule is CC(C)(C)Oc1ccc2c(F)c(F)c(F)c(F)c2c1. The molecule has 0 fully saturated rings. The standard InChI is InChI=1S/C14H12F4O/c1-14(2,3)19-7-4-5-8-9(6-7)11(16)13(18)12(17)10(8)15/h4-6H,1-3H3. The Kier molecular flexibility index (Phi) is 3.16. The van der Waals surface area contributed by atoms with Gasteiger partial charge in [0.2, 0.25) is 0 Å². The molecule has 0 bridgehead atoms. The van der Waals surface area contributed by atoms with Gasteiger partial charge in [-0.15, -0.1) is 0 Å². The van der Waals surface area contributed by atoms with E-state index in [1.165, 1.54) is 6.07 Å². The van der Waals surface area contributed by atoms with Crippen molar-refractivity contribution in [1.82, 2.24) is 0 Å². The van der Waals surface area contributed by atoms with Crippen molar-refractivity contribution in [2.75, 3.05) is 0 Å². The Morgan fingerprint density at radius 2 is 1.32 bits per heavy atom. The van der Waals surface area contributed by atoms with Gasteiger partial charge in [-0.3, -0.25) is 0 Å². The molecule has 102 valence electrons. The second-order valence-corrected chi connectivity index (χ2v) is 5.18. The highest BCUT2D eigenvalue weighted by Crippen LogP contribution is 2.30. The van der Waals surface area contributed by atoms with Crippen LogP contribution in [0.3, 0.4) is 0 Å². The summed E-state index contributed by atoms with van der Waals surface area (Å²) in [7, 11) is 0. The fourth-order valence-electron chi connectivity index (χ4n) is 1.74. The number of benzene rings is 2. The van der Waals surface area contributed by atoms with Gasteiger partial charge in [-0.05, 0) is 39.0 Å². The third-order valence-electron chi connectivity index (χ3n) is 2.47. The molecule has 0 amide bonds. The summed E-state index contributed by atoms with van der Waals surface area (Å²) >= 11 is 0. The van der Waals surface area contributed by atoms with Gasteiger partial charge in [0, 0.05) is 10.8 Å². The molecule has 0 unspecified atom stereocenters. The van der Waals surface area contributed by atoms with Gasteiger partial charge in [-0.1, -0.05) is 0 Å². The van der Waals surface area contributed by atoms with E-state index in [0.29, 0.717) is 0 Å². The van der Waals surface area contributed by atoms with Crippen LogP contribution in [0.15, 0.2) is 18.2 Å². The van der Waals surface area contributed by atoms with Crippen molar-refractivity contribution in [2.45, 2.75) is 26.4 Å². The van der Waals surface area contributed by atoms with Crippen LogP contribution in [-0.2, 0) is 0 Å². The number of hydrogen-bond donors (Lipinski definition) is 0. The molecule has 2 aromatic rings. The molecule has 0 saturated heterocycles. The molecule has 0 aromatic heterocycles. The van der Waals surface area contributed by atoms with E-state index in [0.717, 1.165) is 12.1 Å². The predicted molar refractivity (Wildman–Crippen MR) is 64.2 cm³/mol. The summed E-state index contributed by atoms with van der Waals surface area (Å²) < 4.78 is 58.8. The summed E-state index contributed by atoms with van der Waals surface area (Å²) in [4.78, 5) is 0. The monoisotopic (exact) mass is 272 g/mol. The Bertz CT molecular complexity index is 644. The second kappa shape index (κ2) is 4.40. The number of rotatable bonds is 1. The zero-order valence-electron chi connectivity index (χ0n) is 10.7. The first-order chi connectivity index (χ1) is 8.70. The summed E-state index contributed by atoms with van der Waals surface area (Å²) in [6, 6.07) is 3.70. The highest BCUT2D eigenvalue weighted by atomic mass is 19.2. The van der Waals surface area contributed by atoms with Crippen LogP contribution in [0.4, 0.5) is 17.6 Å². The first-order valence-electron chi connectivity index (χ1n) is 5.65. The first-order valence-corrected chi connectivity index (χ1v) is 5.65. The van der Waals surface area contributed by atoms with Crippen molar-refractivity contribution in [1.29, 1.82) is 0 Å². The minimum absolute atomic E-state index is 0.254. The van der Waals surface area contributed by atoms with Crippen molar-refractivity contribution in [2.24, 2.45) is 0 Å². The Labute approximate surface area is 107 Å². The molecule has 2 aromatic carbocycles. The molecule has 0 aliphatic rings. The van der Waals surface area contributed by atoms with E-state index < -0.39 is 28.9 Å². The molecule has 0 N–H and O–H groups in total. The van der Waals surface area contributed by atoms with Crippen molar-refractivity contribution in [3.8, 4) is 5.75 Å². The number of ether oxygens (including phenoxy) is 1. The summed E-state index contributed by atoms with van der Waals surface area (Å²) in [5.41, 5.74) is -0.540. The Morgan fingerprint density at radius 1 is 0.789 bits per heavy atom. The molecule has 5 heteroatoms. The van der Waals surface area contributed by atoms with Crippen LogP contribution in [0.5, 0.6) is 5.75 Å². The first kappa shape index (κ1) is 13.6. The fraction of sp³-hybridized carbons (Fsp3) is 0.286. The largest absolute Gasteiger partial charge is 0.488 e. The molecule has 0 aliphatic heterocycles. The van der Waals surface area contributed by atoms with Crippen molar-refractivity contribution >= 4 is 10.8 Å². The number of hydrogen-bond acceptors (Lipinski definition) is 1. The van der Waals surface area contributed by atoms with E-state index in [1.54, 1.807) is 20.8 Å². The van der Waals surface area contributed by atoms with Gasteiger partial charge in [0.1, 0.15) is 11.4 Å². The maximum atomic E-state index is 13.6. The summed E-state index contributed by atoms with van der Waals surface area (Å²) in [5.74, 6) is -6.21. The molecule has 19 heavy (non-hydrogen) atoms. The normalized spacial score (nSPS) is 11.9. The van der Waals surface area contributed by atoms with Crippen LogP contribution in [0.2, 0.25) is 0 Å². The molecular formula is C14H12F4O. The second-order valence-electron chi connectivity index (χ2n) is 5.18. The van der Waals surface area contributed by atoms with Crippen LogP contribution >= 0.6 is 0 Å². The van der Waals surface area contributed by atoms with E-state index in [2.05, 4.69) is 0 Å². The number of halogens is 4. The zero-order chi connectivity index (χ0) is 14.4. The molecule has 1 nitrogen and oxygen atoms in total. The Hall–Kier alpha value is -1.78. The summed E-state index contributed by atoms with van der Waals surface area (Å²) in [6.45, 7) is 5.33. The summed E-state index contributed by atoms with van der Waals surface area (Å²) in [6.07, 6.45) is 0. The van der Waals surface area contributed by atoms with Gasteiger partial charge >= 0.3 is 0 Å². The van der Waals surface area contributed by atoms with Gasteiger partial charge in [-0.2, -0.15) is 0 Å². The minimum Gasteiger partial charge on any atom is -0.488 e. The predicted octanol–water partition coefficient (Wildman–Crippen LogP) is 4.57. The van der Waals surface area contributed by atoms with Crippen LogP contribution in [0.1, 0.15) is 20.8 Å². The molecule has 0 atom stereocenters. The average Bonchev–Trinajstić information content (AvgIpc) is 2.31. The summed E-state index contributed by atoms with van der Waals surface area (Å²) in [5, 5.41) is -0.671. The van der Waals surface area contributed by atoms with Gasteiger partial charge in [0.15, 0.2) is 23.3 Å². The highest BCUT2D eigenvalue weighted by molar-refractivity contribution is 5.85. The van der Waals surface area contributed by atoms with Crippen molar-refractivity contribution < 1.29 is 22.3 Å². The lowest BCUT2D eigenvalue weighted by atomic mass is 10.1. The van der Waals surface area contributed by atoms with E-state index in [-0.39, 0.29) is 16.5 Å². The van der Waals surface area contributed by atoms with Gasteiger partial charge in [0.25, 0.3) is 0 Å². The lowest BCUT2D eigenvalue weighted by Crippen LogP contribution is -2.22. The Balaban J connectivity index is 2.67. The Morgan fingerprint density at radius 3 is 1.84 bits per heavy atom. The van der Waals surface area contributed by atoms with E-state index >= 15 is 0 Å². The lowest BCUT2D eigenvalue weighted by molar-refractivity contribution is 0.131. The molecule has 0 aliphatic carbocycles. The maximum absolute atomic E-state index is 13.6. The van der Waals surface area contributed by atoms with Crippen LogP contribution < -0.4 is 4.74 Å². The topological polar surface area (TPSA) is 9.23 Å². The van der Waals surface area contributed by atoms with E-state index in [1.807, 2.05) is 0 Å². The highest BCUT2D eigenvalue weighted by Gasteiger charge is 2.21. The van der Waals surface area contributed by atoms with E-state index in [4.69, 9.17) is 4.74 Å². The molecular weight excluding hydrogens is 260 g/mol. The minimum atomic E-state index is -1.82. The van der Waals surface area contributed by atoms with Crippen molar-refractivity contribution in [3.63, 3.8) is 0 Å². The lowest BCUT2D eigenvalue weighted by Gasteiger charge is -2.21. The molecule has 0 heterocycles. The molecule has 0 radical (unpaired) electrons. The third kappa shape index (κ3) is 2.50. The fourth-order valence-corrected chi connectivity index (χ4v) is 1.74. The smallest absolute Gasteiger partial charge is 0.198 e. The molecule has 0 saturated carbocycles. The third-order valence-corrected chi connectivity index (χ3v) is 2.47.